The second-order valence-corrected chi connectivity index (χ2v) is 3.09. The molecule has 1 rings (SSSR count). The van der Waals surface area contributed by atoms with E-state index in [2.05, 4.69) is 0 Å². The van der Waals surface area contributed by atoms with Crippen molar-refractivity contribution in [2.24, 2.45) is 0 Å². The number of hydrogen-bond acceptors (Lipinski definition) is 3. The first-order chi connectivity index (χ1) is 7.49. The van der Waals surface area contributed by atoms with Gasteiger partial charge in [-0.25, -0.2) is 14.4 Å². The molecule has 82 valence electrons. The minimum absolute atomic E-state index is 0.130. The number of carboxylic acid groups (broad SMARTS) is 2. The monoisotopic (exact) mass is 220 g/mol. The lowest BCUT2D eigenvalue weighted by Gasteiger charge is -2.07. The Morgan fingerprint density at radius 3 is 2.31 bits per heavy atom. The Morgan fingerprint density at radius 1 is 1.25 bits per heavy atom. The van der Waals surface area contributed by atoms with Gasteiger partial charge in [-0.1, -0.05) is 6.07 Å². The first-order valence-corrected chi connectivity index (χ1v) is 4.30. The second kappa shape index (κ2) is 4.42. The molecule has 0 unspecified atom stereocenters. The quantitative estimate of drug-likeness (QED) is 0.747. The van der Waals surface area contributed by atoms with E-state index >= 15 is 0 Å². The highest BCUT2D eigenvalue weighted by molar-refractivity contribution is 6.03. The van der Waals surface area contributed by atoms with Gasteiger partial charge in [-0.3, -0.25) is 0 Å². The Morgan fingerprint density at radius 2 is 1.88 bits per heavy atom. The Labute approximate surface area is 90.6 Å². The van der Waals surface area contributed by atoms with Crippen LogP contribution in [0, 0.1) is 6.92 Å². The van der Waals surface area contributed by atoms with E-state index in [-0.39, 0.29) is 16.7 Å². The molecule has 0 saturated carbocycles. The molecule has 0 amide bonds. The molecule has 0 bridgehead atoms. The zero-order valence-electron chi connectivity index (χ0n) is 8.35. The SMILES string of the molecule is Cc1ccc(C(=O)O)c(C=C=O)c1C(=O)O. The molecule has 0 aromatic heterocycles. The predicted molar refractivity (Wildman–Crippen MR) is 55.3 cm³/mol. The van der Waals surface area contributed by atoms with Gasteiger partial charge in [-0.15, -0.1) is 0 Å². The minimum atomic E-state index is -1.29. The van der Waals surface area contributed by atoms with Crippen molar-refractivity contribution in [2.75, 3.05) is 0 Å². The highest BCUT2D eigenvalue weighted by atomic mass is 16.4. The minimum Gasteiger partial charge on any atom is -0.478 e. The average Bonchev–Trinajstić information content (AvgIpc) is 2.17. The molecule has 16 heavy (non-hydrogen) atoms. The number of carboxylic acids is 2. The Bertz CT molecular complexity index is 509. The zero-order valence-corrected chi connectivity index (χ0v) is 8.35. The summed E-state index contributed by atoms with van der Waals surface area (Å²) in [6.07, 6.45) is 0.819. The summed E-state index contributed by atoms with van der Waals surface area (Å²) >= 11 is 0. The molecule has 0 radical (unpaired) electrons. The summed E-state index contributed by atoms with van der Waals surface area (Å²) in [5, 5.41) is 17.8. The molecule has 2 N–H and O–H groups in total. The van der Waals surface area contributed by atoms with Gasteiger partial charge in [0.05, 0.1) is 11.1 Å². The molecule has 0 aliphatic heterocycles. The van der Waals surface area contributed by atoms with Crippen LogP contribution in [0.2, 0.25) is 0 Å². The molecule has 0 aliphatic carbocycles. The van der Waals surface area contributed by atoms with Gasteiger partial charge in [0, 0.05) is 11.6 Å². The largest absolute Gasteiger partial charge is 0.478 e. The standard InChI is InChI=1S/C11H8O5/c1-6-2-3-8(10(13)14)7(4-5-12)9(6)11(15)16/h2-4H,1H3,(H,13,14)(H,15,16). The lowest BCUT2D eigenvalue weighted by molar-refractivity contribution is 0.0695. The van der Waals surface area contributed by atoms with Crippen LogP contribution in [0.15, 0.2) is 12.1 Å². The summed E-state index contributed by atoms with van der Waals surface area (Å²) in [6.45, 7) is 1.53. The van der Waals surface area contributed by atoms with E-state index in [0.717, 1.165) is 6.08 Å². The van der Waals surface area contributed by atoms with Gasteiger partial charge in [-0.05, 0) is 18.6 Å². The van der Waals surface area contributed by atoms with Crippen molar-refractivity contribution in [3.8, 4) is 0 Å². The third-order valence-electron chi connectivity index (χ3n) is 2.10. The fraction of sp³-hybridized carbons (Fsp3) is 0.0909. The topological polar surface area (TPSA) is 91.7 Å². The number of benzene rings is 1. The van der Waals surface area contributed by atoms with E-state index in [1.165, 1.54) is 25.0 Å². The third-order valence-corrected chi connectivity index (χ3v) is 2.10. The Balaban J connectivity index is 3.69. The molecule has 0 heterocycles. The van der Waals surface area contributed by atoms with Crippen molar-refractivity contribution >= 4 is 24.0 Å². The van der Waals surface area contributed by atoms with Crippen molar-refractivity contribution in [1.29, 1.82) is 0 Å². The molecule has 1 aromatic carbocycles. The molecule has 0 atom stereocenters. The van der Waals surface area contributed by atoms with Gasteiger partial charge in [0.15, 0.2) is 0 Å². The van der Waals surface area contributed by atoms with Crippen LogP contribution in [0.5, 0.6) is 0 Å². The van der Waals surface area contributed by atoms with Crippen molar-refractivity contribution in [3.63, 3.8) is 0 Å². The maximum Gasteiger partial charge on any atom is 0.336 e. The van der Waals surface area contributed by atoms with Crippen LogP contribution in [0.25, 0.3) is 6.08 Å². The van der Waals surface area contributed by atoms with E-state index in [9.17, 15) is 14.4 Å². The first kappa shape index (κ1) is 11.7. The molecule has 5 heteroatoms. The summed E-state index contributed by atoms with van der Waals surface area (Å²) in [5.74, 6) is -1.16. The molecule has 0 fully saturated rings. The van der Waals surface area contributed by atoms with Crippen LogP contribution in [-0.2, 0) is 4.79 Å². The maximum absolute atomic E-state index is 10.9. The summed E-state index contributed by atoms with van der Waals surface area (Å²) in [7, 11) is 0. The van der Waals surface area contributed by atoms with Crippen LogP contribution in [0.3, 0.4) is 0 Å². The van der Waals surface area contributed by atoms with Crippen LogP contribution in [0.1, 0.15) is 31.8 Å². The van der Waals surface area contributed by atoms with Crippen molar-refractivity contribution in [1.82, 2.24) is 0 Å². The Kier molecular flexibility index (Phi) is 3.23. The maximum atomic E-state index is 10.9. The summed E-state index contributed by atoms with van der Waals surface area (Å²) in [5.41, 5.74) is -0.163. The van der Waals surface area contributed by atoms with Gasteiger partial charge >= 0.3 is 11.9 Å². The van der Waals surface area contributed by atoms with Gasteiger partial charge in [0.25, 0.3) is 0 Å². The summed E-state index contributed by atoms with van der Waals surface area (Å²) < 4.78 is 0. The lowest BCUT2D eigenvalue weighted by atomic mass is 9.96. The van der Waals surface area contributed by atoms with Gasteiger partial charge in [-0.2, -0.15) is 0 Å². The van der Waals surface area contributed by atoms with Crippen LogP contribution in [0.4, 0.5) is 0 Å². The highest BCUT2D eigenvalue weighted by Gasteiger charge is 2.18. The molecular formula is C11H8O5. The second-order valence-electron chi connectivity index (χ2n) is 3.09. The smallest absolute Gasteiger partial charge is 0.336 e. The van der Waals surface area contributed by atoms with E-state index < -0.39 is 11.9 Å². The molecule has 1 aromatic rings. The number of aryl methyl sites for hydroxylation is 1. The molecular weight excluding hydrogens is 212 g/mol. The fourth-order valence-electron chi connectivity index (χ4n) is 1.41. The Hall–Kier alpha value is -2.39. The highest BCUT2D eigenvalue weighted by Crippen LogP contribution is 2.20. The van der Waals surface area contributed by atoms with Crippen LogP contribution >= 0.6 is 0 Å². The number of carbonyl (C=O) groups excluding carboxylic acids is 1. The van der Waals surface area contributed by atoms with Gasteiger partial charge in [0.1, 0.15) is 5.94 Å². The van der Waals surface area contributed by atoms with E-state index in [1.54, 1.807) is 0 Å². The molecule has 0 spiro atoms. The van der Waals surface area contributed by atoms with E-state index in [4.69, 9.17) is 10.2 Å². The average molecular weight is 220 g/mol. The molecule has 0 aliphatic rings. The zero-order chi connectivity index (χ0) is 12.3. The molecule has 0 saturated heterocycles. The number of hydrogen-bond donors (Lipinski definition) is 2. The predicted octanol–water partition coefficient (Wildman–Crippen LogP) is 1.24. The van der Waals surface area contributed by atoms with Crippen molar-refractivity contribution in [3.05, 3.63) is 34.4 Å². The fourth-order valence-corrected chi connectivity index (χ4v) is 1.41. The number of carbonyl (C=O) groups is 2. The van der Waals surface area contributed by atoms with Gasteiger partial charge in [0.2, 0.25) is 0 Å². The first-order valence-electron chi connectivity index (χ1n) is 4.30. The van der Waals surface area contributed by atoms with Crippen LogP contribution < -0.4 is 0 Å². The van der Waals surface area contributed by atoms with Crippen molar-refractivity contribution in [2.45, 2.75) is 6.92 Å². The normalized spacial score (nSPS) is 9.31. The summed E-state index contributed by atoms with van der Waals surface area (Å²) in [6, 6.07) is 2.64. The van der Waals surface area contributed by atoms with E-state index in [0.29, 0.717) is 5.56 Å². The number of aromatic carboxylic acids is 2. The summed E-state index contributed by atoms with van der Waals surface area (Å²) in [4.78, 5) is 32.1. The van der Waals surface area contributed by atoms with Crippen LogP contribution in [-0.4, -0.2) is 28.1 Å². The van der Waals surface area contributed by atoms with Crippen molar-refractivity contribution < 1.29 is 24.6 Å². The van der Waals surface area contributed by atoms with E-state index in [1.807, 2.05) is 0 Å². The lowest BCUT2D eigenvalue weighted by Crippen LogP contribution is -2.09. The third kappa shape index (κ3) is 1.99. The number of rotatable bonds is 3. The van der Waals surface area contributed by atoms with Gasteiger partial charge < -0.3 is 10.2 Å². The molecule has 5 nitrogen and oxygen atoms in total.